The van der Waals surface area contributed by atoms with Crippen molar-refractivity contribution in [2.24, 2.45) is 0 Å². The maximum atomic E-state index is 10.5. The van der Waals surface area contributed by atoms with E-state index >= 15 is 0 Å². The van der Waals surface area contributed by atoms with E-state index in [1.807, 2.05) is 20.8 Å². The summed E-state index contributed by atoms with van der Waals surface area (Å²) in [4.78, 5) is 0. The zero-order valence-electron chi connectivity index (χ0n) is 6.02. The average Bonchev–Trinajstić information content (AvgIpc) is 1.31. The number of hydrogen-bond acceptors (Lipinski definition) is 1. The first-order valence-corrected chi connectivity index (χ1v) is 3.48. The monoisotopic (exact) mass is 126 g/mol. The fraction of sp³-hybridized carbons (Fsp3) is 0.800. The van der Waals surface area contributed by atoms with Crippen LogP contribution in [0.15, 0.2) is 0 Å². The van der Waals surface area contributed by atoms with Crippen LogP contribution in [0.5, 0.6) is 0 Å². The molecule has 0 aromatic rings. The van der Waals surface area contributed by atoms with E-state index in [2.05, 4.69) is 6.26 Å². The Bertz CT molecular complexity index is 84.9. The number of hydrogen-bond donors (Lipinski definition) is 0. The Balaban J connectivity index is 0. The smallest absolute Gasteiger partial charge is 0.294 e. The van der Waals surface area contributed by atoms with Crippen LogP contribution in [-0.2, 0) is 10.8 Å². The van der Waals surface area contributed by atoms with Crippen molar-refractivity contribution in [2.45, 2.75) is 25.5 Å². The summed E-state index contributed by atoms with van der Waals surface area (Å²) in [5, 5.41) is 0. The van der Waals surface area contributed by atoms with Gasteiger partial charge >= 0.3 is 18.9 Å². The van der Waals surface area contributed by atoms with Gasteiger partial charge in [0.2, 0.25) is 0 Å². The topological polar surface area (TPSA) is 17.1 Å². The van der Waals surface area contributed by atoms with Crippen molar-refractivity contribution in [1.82, 2.24) is 0 Å². The van der Waals surface area contributed by atoms with Gasteiger partial charge in [0.15, 0.2) is 0 Å². The summed E-state index contributed by atoms with van der Waals surface area (Å²) in [6.07, 6.45) is 3.38. The van der Waals surface area contributed by atoms with Crippen LogP contribution in [0, 0.1) is 6.26 Å². The fourth-order valence-corrected chi connectivity index (χ4v) is 0. The van der Waals surface area contributed by atoms with Crippen molar-refractivity contribution in [1.29, 1.82) is 0 Å². The fourth-order valence-electron chi connectivity index (χ4n) is 0. The van der Waals surface area contributed by atoms with Crippen LogP contribution < -0.4 is 18.9 Å². The van der Waals surface area contributed by atoms with Gasteiger partial charge < -0.3 is 0 Å². The molecule has 8 heavy (non-hydrogen) atoms. The second-order valence-electron chi connectivity index (χ2n) is 2.46. The van der Waals surface area contributed by atoms with Gasteiger partial charge in [-0.1, -0.05) is 20.8 Å². The molecule has 0 N–H and O–H groups in total. The van der Waals surface area contributed by atoms with E-state index in [0.29, 0.717) is 0 Å². The molecule has 0 saturated carbocycles. The molecular formula is C5H11LiOS. The van der Waals surface area contributed by atoms with E-state index in [0.717, 1.165) is 0 Å². The minimum Gasteiger partial charge on any atom is -0.294 e. The second-order valence-corrected chi connectivity index (χ2v) is 4.37. The molecule has 0 bridgehead atoms. The van der Waals surface area contributed by atoms with Crippen molar-refractivity contribution in [3.8, 4) is 0 Å². The van der Waals surface area contributed by atoms with Gasteiger partial charge in [0.05, 0.1) is 0 Å². The average molecular weight is 126 g/mol. The largest absolute Gasteiger partial charge is 1.00 e. The van der Waals surface area contributed by atoms with Crippen LogP contribution in [-0.4, -0.2) is 8.96 Å². The molecule has 0 aromatic heterocycles. The second kappa shape index (κ2) is 3.71. The van der Waals surface area contributed by atoms with Crippen molar-refractivity contribution >= 4 is 10.8 Å². The van der Waals surface area contributed by atoms with Crippen LogP contribution in [0.25, 0.3) is 0 Å². The Labute approximate surface area is 65.9 Å². The quantitative estimate of drug-likeness (QED) is 0.280. The Hall–Kier alpha value is 0.747. The standard InChI is InChI=1S/C5H11OS.Li/c1-5(2,3)7(4)6;/h4H2,1-3H3;/q-1;+1. The zero-order valence-corrected chi connectivity index (χ0v) is 6.84. The first-order chi connectivity index (χ1) is 2.94. The molecule has 0 aromatic carbocycles. The van der Waals surface area contributed by atoms with E-state index in [9.17, 15) is 4.21 Å². The third kappa shape index (κ3) is 4.90. The molecule has 0 heterocycles. The molecule has 1 unspecified atom stereocenters. The van der Waals surface area contributed by atoms with Gasteiger partial charge in [0, 0.05) is 4.75 Å². The summed E-state index contributed by atoms with van der Waals surface area (Å²) in [5.74, 6) is 0. The molecule has 0 rings (SSSR count). The van der Waals surface area contributed by atoms with Gasteiger partial charge in [-0.2, -0.15) is 0 Å². The molecule has 0 aliphatic rings. The summed E-state index contributed by atoms with van der Waals surface area (Å²) >= 11 is 0. The summed E-state index contributed by atoms with van der Waals surface area (Å²) < 4.78 is 10.3. The van der Waals surface area contributed by atoms with Crippen LogP contribution in [0.1, 0.15) is 20.8 Å². The predicted octanol–water partition coefficient (Wildman–Crippen LogP) is -1.67. The molecule has 1 atom stereocenters. The van der Waals surface area contributed by atoms with Crippen LogP contribution >= 0.6 is 0 Å². The molecule has 0 amide bonds. The Morgan fingerprint density at radius 3 is 1.50 bits per heavy atom. The van der Waals surface area contributed by atoms with Gasteiger partial charge in [-0.15, -0.1) is 10.8 Å². The van der Waals surface area contributed by atoms with Crippen molar-refractivity contribution in [3.63, 3.8) is 0 Å². The molecule has 44 valence electrons. The van der Waals surface area contributed by atoms with E-state index < -0.39 is 10.8 Å². The first kappa shape index (κ1) is 11.5. The Kier molecular flexibility index (Phi) is 5.35. The minimum absolute atomic E-state index is 0. The van der Waals surface area contributed by atoms with Gasteiger partial charge in [-0.25, -0.2) is 0 Å². The summed E-state index contributed by atoms with van der Waals surface area (Å²) in [6, 6.07) is 0. The SMILES string of the molecule is [CH2-]S(=O)C(C)(C)C.[Li+]. The molecule has 0 fully saturated rings. The maximum absolute atomic E-state index is 10.5. The Morgan fingerprint density at radius 2 is 1.50 bits per heavy atom. The van der Waals surface area contributed by atoms with Gasteiger partial charge in [-0.05, 0) is 0 Å². The summed E-state index contributed by atoms with van der Waals surface area (Å²) in [6.45, 7) is 5.70. The maximum Gasteiger partial charge on any atom is 1.00 e. The first-order valence-electron chi connectivity index (χ1n) is 2.16. The number of rotatable bonds is 0. The van der Waals surface area contributed by atoms with Crippen LogP contribution in [0.3, 0.4) is 0 Å². The molecule has 3 heteroatoms. The predicted molar refractivity (Wildman–Crippen MR) is 33.3 cm³/mol. The Morgan fingerprint density at radius 1 is 1.38 bits per heavy atom. The molecule has 1 nitrogen and oxygen atoms in total. The normalized spacial score (nSPS) is 14.5. The van der Waals surface area contributed by atoms with Gasteiger partial charge in [0.1, 0.15) is 0 Å². The molecule has 0 radical (unpaired) electrons. The van der Waals surface area contributed by atoms with Crippen LogP contribution in [0.4, 0.5) is 0 Å². The van der Waals surface area contributed by atoms with E-state index in [1.54, 1.807) is 0 Å². The van der Waals surface area contributed by atoms with Crippen LogP contribution in [0.2, 0.25) is 0 Å². The van der Waals surface area contributed by atoms with E-state index in [-0.39, 0.29) is 23.6 Å². The molecule has 0 saturated heterocycles. The summed E-state index contributed by atoms with van der Waals surface area (Å²) in [5.41, 5.74) is 0. The van der Waals surface area contributed by atoms with Crippen molar-refractivity contribution in [2.75, 3.05) is 0 Å². The molecule has 0 aliphatic heterocycles. The third-order valence-electron chi connectivity index (χ3n) is 0.683. The van der Waals surface area contributed by atoms with Gasteiger partial charge in [-0.3, -0.25) is 10.5 Å². The third-order valence-corrected chi connectivity index (χ3v) is 2.05. The van der Waals surface area contributed by atoms with E-state index in [1.165, 1.54) is 0 Å². The molecule has 0 aliphatic carbocycles. The van der Waals surface area contributed by atoms with E-state index in [4.69, 9.17) is 0 Å². The van der Waals surface area contributed by atoms with Crippen molar-refractivity contribution < 1.29 is 23.1 Å². The molecular weight excluding hydrogens is 115 g/mol. The minimum atomic E-state index is -0.933. The van der Waals surface area contributed by atoms with Crippen molar-refractivity contribution in [3.05, 3.63) is 6.26 Å². The van der Waals surface area contributed by atoms with Gasteiger partial charge in [0.25, 0.3) is 0 Å². The summed E-state index contributed by atoms with van der Waals surface area (Å²) in [7, 11) is -0.933. The molecule has 0 spiro atoms. The zero-order chi connectivity index (χ0) is 6.08.